The summed E-state index contributed by atoms with van der Waals surface area (Å²) in [5, 5.41) is 3.21. The number of rotatable bonds is 8. The van der Waals surface area contributed by atoms with E-state index in [2.05, 4.69) is 5.32 Å². The van der Waals surface area contributed by atoms with Crippen LogP contribution in [0.2, 0.25) is 5.02 Å². The van der Waals surface area contributed by atoms with Gasteiger partial charge in [0.2, 0.25) is 15.9 Å². The van der Waals surface area contributed by atoms with Crippen LogP contribution in [0.25, 0.3) is 0 Å². The normalized spacial score (nSPS) is 11.9. The minimum atomic E-state index is -4.62. The topological polar surface area (TPSA) is 66.5 Å². The first kappa shape index (κ1) is 23.0. The molecule has 0 aliphatic carbocycles. The number of hydrogen-bond donors (Lipinski definition) is 1. The zero-order chi connectivity index (χ0) is 21.7. The first-order valence-electron chi connectivity index (χ1n) is 8.63. The highest BCUT2D eigenvalue weighted by atomic mass is 35.5. The molecule has 0 saturated carbocycles. The number of nitrogens with one attached hydrogen (secondary N) is 1. The smallest absolute Gasteiger partial charge is 0.355 e. The molecular formula is C19H20ClF3N2O3S. The second-order valence-corrected chi connectivity index (χ2v) is 8.74. The molecule has 0 bridgehead atoms. The lowest BCUT2D eigenvalue weighted by Crippen LogP contribution is -2.40. The van der Waals surface area contributed by atoms with Gasteiger partial charge in [0.15, 0.2) is 0 Å². The van der Waals surface area contributed by atoms with Gasteiger partial charge in [-0.25, -0.2) is 8.42 Å². The Morgan fingerprint density at radius 1 is 1.14 bits per heavy atom. The highest BCUT2D eigenvalue weighted by Gasteiger charge is 2.31. The summed E-state index contributed by atoms with van der Waals surface area (Å²) in [5.41, 5.74) is -0.184. The van der Waals surface area contributed by atoms with Crippen molar-refractivity contribution in [2.75, 3.05) is 23.7 Å². The van der Waals surface area contributed by atoms with Gasteiger partial charge in [-0.05, 0) is 48.7 Å². The van der Waals surface area contributed by atoms with Gasteiger partial charge in [0.05, 0.1) is 17.5 Å². The van der Waals surface area contributed by atoms with E-state index in [9.17, 15) is 26.4 Å². The number of carbonyl (C=O) groups excluding carboxylic acids is 1. The van der Waals surface area contributed by atoms with Crippen molar-refractivity contribution < 1.29 is 26.4 Å². The van der Waals surface area contributed by atoms with Crippen molar-refractivity contribution in [3.05, 3.63) is 64.7 Å². The maximum Gasteiger partial charge on any atom is 0.416 e. The molecule has 0 aliphatic rings. The first-order valence-corrected chi connectivity index (χ1v) is 10.9. The Balaban J connectivity index is 1.98. The van der Waals surface area contributed by atoms with Gasteiger partial charge in [-0.3, -0.25) is 9.10 Å². The molecule has 0 heterocycles. The summed E-state index contributed by atoms with van der Waals surface area (Å²) in [7, 11) is -3.96. The standard InChI is InChI=1S/C19H20ClF3N2O3S/c1-29(27,28)25(17-6-2-5-15(12-17)19(21,22)23)13-18(26)24-11-3-4-14-7-9-16(20)10-8-14/h2,5-10,12H,3-4,11,13H2,1H3,(H,24,26). The molecule has 0 unspecified atom stereocenters. The predicted octanol–water partition coefficient (Wildman–Crippen LogP) is 3.87. The van der Waals surface area contributed by atoms with E-state index in [0.29, 0.717) is 34.8 Å². The van der Waals surface area contributed by atoms with Crippen LogP contribution < -0.4 is 9.62 Å². The van der Waals surface area contributed by atoms with Crippen LogP contribution in [-0.4, -0.2) is 33.7 Å². The Labute approximate surface area is 172 Å². The van der Waals surface area contributed by atoms with Crippen LogP contribution in [0.15, 0.2) is 48.5 Å². The molecule has 0 fully saturated rings. The van der Waals surface area contributed by atoms with Crippen LogP contribution in [0.4, 0.5) is 18.9 Å². The van der Waals surface area contributed by atoms with Crippen molar-refractivity contribution in [1.29, 1.82) is 0 Å². The van der Waals surface area contributed by atoms with Crippen molar-refractivity contribution >= 4 is 33.2 Å². The van der Waals surface area contributed by atoms with Crippen molar-refractivity contribution in [3.8, 4) is 0 Å². The monoisotopic (exact) mass is 448 g/mol. The number of hydrogen-bond acceptors (Lipinski definition) is 3. The van der Waals surface area contributed by atoms with Gasteiger partial charge in [-0.15, -0.1) is 0 Å². The largest absolute Gasteiger partial charge is 0.416 e. The fourth-order valence-electron chi connectivity index (χ4n) is 2.60. The fourth-order valence-corrected chi connectivity index (χ4v) is 3.57. The minimum absolute atomic E-state index is 0.223. The summed E-state index contributed by atoms with van der Waals surface area (Å²) in [6.07, 6.45) is -2.50. The molecule has 1 amide bonds. The third kappa shape index (κ3) is 7.25. The van der Waals surface area contributed by atoms with E-state index in [-0.39, 0.29) is 5.69 Å². The van der Waals surface area contributed by atoms with Gasteiger partial charge in [-0.2, -0.15) is 13.2 Å². The SMILES string of the molecule is CS(=O)(=O)N(CC(=O)NCCCc1ccc(Cl)cc1)c1cccc(C(F)(F)F)c1. The van der Waals surface area contributed by atoms with Gasteiger partial charge in [-0.1, -0.05) is 29.8 Å². The number of halogens is 4. The summed E-state index contributed by atoms with van der Waals surface area (Å²) in [4.78, 5) is 12.2. The Hall–Kier alpha value is -2.26. The average Bonchev–Trinajstić information content (AvgIpc) is 2.63. The molecule has 0 radical (unpaired) electrons. The molecule has 5 nitrogen and oxygen atoms in total. The van der Waals surface area contributed by atoms with E-state index in [1.54, 1.807) is 12.1 Å². The summed E-state index contributed by atoms with van der Waals surface area (Å²) in [6, 6.07) is 11.1. The van der Waals surface area contributed by atoms with Gasteiger partial charge in [0.1, 0.15) is 6.54 Å². The van der Waals surface area contributed by atoms with Crippen molar-refractivity contribution in [1.82, 2.24) is 5.32 Å². The molecule has 158 valence electrons. The molecule has 0 saturated heterocycles. The van der Waals surface area contributed by atoms with Gasteiger partial charge < -0.3 is 5.32 Å². The lowest BCUT2D eigenvalue weighted by atomic mass is 10.1. The third-order valence-electron chi connectivity index (χ3n) is 4.03. The van der Waals surface area contributed by atoms with E-state index in [1.165, 1.54) is 6.07 Å². The number of carbonyl (C=O) groups is 1. The molecule has 2 aromatic rings. The van der Waals surface area contributed by atoms with E-state index in [1.807, 2.05) is 12.1 Å². The minimum Gasteiger partial charge on any atom is -0.355 e. The maximum atomic E-state index is 12.9. The van der Waals surface area contributed by atoms with E-state index >= 15 is 0 Å². The zero-order valence-corrected chi connectivity index (χ0v) is 17.1. The number of benzene rings is 2. The molecule has 0 atom stereocenters. The van der Waals surface area contributed by atoms with Crippen LogP contribution >= 0.6 is 11.6 Å². The van der Waals surface area contributed by atoms with Crippen LogP contribution in [0.5, 0.6) is 0 Å². The second kappa shape index (κ2) is 9.49. The van der Waals surface area contributed by atoms with Gasteiger partial charge in [0.25, 0.3) is 0 Å². The Bertz CT molecular complexity index is 948. The Kier molecular flexibility index (Phi) is 7.54. The first-order chi connectivity index (χ1) is 13.5. The number of sulfonamides is 1. The lowest BCUT2D eigenvalue weighted by molar-refractivity contribution is -0.137. The van der Waals surface area contributed by atoms with Crippen molar-refractivity contribution in [3.63, 3.8) is 0 Å². The fraction of sp³-hybridized carbons (Fsp3) is 0.316. The number of nitrogens with zero attached hydrogens (tertiary/aromatic N) is 1. The van der Waals surface area contributed by atoms with E-state index in [4.69, 9.17) is 11.6 Å². The summed E-state index contributed by atoms with van der Waals surface area (Å²) in [5.74, 6) is -0.607. The maximum absolute atomic E-state index is 12.9. The molecule has 1 N–H and O–H groups in total. The average molecular weight is 449 g/mol. The van der Waals surface area contributed by atoms with E-state index < -0.39 is 34.2 Å². The zero-order valence-electron chi connectivity index (χ0n) is 15.5. The molecule has 0 spiro atoms. The molecule has 0 aliphatic heterocycles. The Morgan fingerprint density at radius 3 is 2.38 bits per heavy atom. The number of amides is 1. The predicted molar refractivity (Wildman–Crippen MR) is 106 cm³/mol. The highest BCUT2D eigenvalue weighted by molar-refractivity contribution is 7.92. The van der Waals surface area contributed by atoms with Crippen LogP contribution in [0.1, 0.15) is 17.5 Å². The van der Waals surface area contributed by atoms with Crippen molar-refractivity contribution in [2.24, 2.45) is 0 Å². The molecule has 29 heavy (non-hydrogen) atoms. The second-order valence-electron chi connectivity index (χ2n) is 6.40. The van der Waals surface area contributed by atoms with Crippen LogP contribution in [0, 0.1) is 0 Å². The van der Waals surface area contributed by atoms with Crippen molar-refractivity contribution in [2.45, 2.75) is 19.0 Å². The molecule has 0 aromatic heterocycles. The van der Waals surface area contributed by atoms with E-state index in [0.717, 1.165) is 24.0 Å². The van der Waals surface area contributed by atoms with Crippen LogP contribution in [-0.2, 0) is 27.4 Å². The third-order valence-corrected chi connectivity index (χ3v) is 5.42. The quantitative estimate of drug-likeness (QED) is 0.623. The van der Waals surface area contributed by atoms with Gasteiger partial charge >= 0.3 is 6.18 Å². The summed E-state index contributed by atoms with van der Waals surface area (Å²) < 4.78 is 63.4. The summed E-state index contributed by atoms with van der Waals surface area (Å²) in [6.45, 7) is -0.317. The number of aryl methyl sites for hydroxylation is 1. The lowest BCUT2D eigenvalue weighted by Gasteiger charge is -2.22. The number of alkyl halides is 3. The molecule has 10 heteroatoms. The Morgan fingerprint density at radius 2 is 1.79 bits per heavy atom. The molecule has 2 aromatic carbocycles. The number of anilines is 1. The van der Waals surface area contributed by atoms with Crippen LogP contribution in [0.3, 0.4) is 0 Å². The molecular weight excluding hydrogens is 429 g/mol. The molecule has 2 rings (SSSR count). The van der Waals surface area contributed by atoms with Gasteiger partial charge in [0, 0.05) is 11.6 Å². The highest BCUT2D eigenvalue weighted by Crippen LogP contribution is 2.32. The summed E-state index contributed by atoms with van der Waals surface area (Å²) >= 11 is 5.81.